The number of benzene rings is 1. The second kappa shape index (κ2) is 5.24. The first-order valence-corrected chi connectivity index (χ1v) is 7.33. The van der Waals surface area contributed by atoms with Gasteiger partial charge in [-0.1, -0.05) is 50.3 Å². The van der Waals surface area contributed by atoms with E-state index in [1.807, 2.05) is 6.07 Å². The molecule has 1 heteroatoms. The van der Waals surface area contributed by atoms with Crippen molar-refractivity contribution in [2.45, 2.75) is 26.7 Å². The SMILES string of the molecule is CC1C=CC(C2COc3ccccc3C2)=CCC1C. The Balaban J connectivity index is 1.80. The van der Waals surface area contributed by atoms with Crippen molar-refractivity contribution in [3.05, 3.63) is 53.6 Å². The van der Waals surface area contributed by atoms with Gasteiger partial charge in [-0.3, -0.25) is 0 Å². The smallest absolute Gasteiger partial charge is 0.122 e. The van der Waals surface area contributed by atoms with Gasteiger partial charge in [-0.25, -0.2) is 0 Å². The zero-order valence-electron chi connectivity index (χ0n) is 11.8. The number of para-hydroxylation sites is 1. The highest BCUT2D eigenvalue weighted by molar-refractivity contribution is 5.38. The van der Waals surface area contributed by atoms with E-state index in [0.29, 0.717) is 11.8 Å². The van der Waals surface area contributed by atoms with Crippen LogP contribution >= 0.6 is 0 Å². The molecule has 1 heterocycles. The van der Waals surface area contributed by atoms with Gasteiger partial charge in [0.25, 0.3) is 0 Å². The first kappa shape index (κ1) is 12.5. The van der Waals surface area contributed by atoms with Gasteiger partial charge in [0, 0.05) is 5.92 Å². The van der Waals surface area contributed by atoms with Crippen molar-refractivity contribution in [1.82, 2.24) is 0 Å². The summed E-state index contributed by atoms with van der Waals surface area (Å²) in [5, 5.41) is 0. The lowest BCUT2D eigenvalue weighted by Crippen LogP contribution is -2.22. The Kier molecular flexibility index (Phi) is 3.46. The van der Waals surface area contributed by atoms with Gasteiger partial charge in [0.1, 0.15) is 5.75 Å². The lowest BCUT2D eigenvalue weighted by atomic mass is 9.89. The van der Waals surface area contributed by atoms with Crippen molar-refractivity contribution in [1.29, 1.82) is 0 Å². The monoisotopic (exact) mass is 254 g/mol. The molecule has 0 fully saturated rings. The third kappa shape index (κ3) is 2.60. The molecular weight excluding hydrogens is 232 g/mol. The van der Waals surface area contributed by atoms with Gasteiger partial charge in [0.2, 0.25) is 0 Å². The third-order valence-electron chi connectivity index (χ3n) is 4.57. The van der Waals surface area contributed by atoms with E-state index in [-0.39, 0.29) is 0 Å². The third-order valence-corrected chi connectivity index (χ3v) is 4.57. The quantitative estimate of drug-likeness (QED) is 0.722. The summed E-state index contributed by atoms with van der Waals surface area (Å²) >= 11 is 0. The number of allylic oxidation sites excluding steroid dienone is 3. The number of hydrogen-bond donors (Lipinski definition) is 0. The predicted molar refractivity (Wildman–Crippen MR) is 79.3 cm³/mol. The number of fused-ring (bicyclic) bond motifs is 1. The molecule has 0 aromatic heterocycles. The van der Waals surface area contributed by atoms with Crippen molar-refractivity contribution in [3.63, 3.8) is 0 Å². The molecule has 1 aliphatic carbocycles. The number of ether oxygens (including phenoxy) is 1. The minimum Gasteiger partial charge on any atom is -0.493 e. The largest absolute Gasteiger partial charge is 0.493 e. The summed E-state index contributed by atoms with van der Waals surface area (Å²) in [4.78, 5) is 0. The Morgan fingerprint density at radius 1 is 1.16 bits per heavy atom. The molecule has 0 N–H and O–H groups in total. The summed E-state index contributed by atoms with van der Waals surface area (Å²) in [6.45, 7) is 5.46. The van der Waals surface area contributed by atoms with Crippen LogP contribution in [0.3, 0.4) is 0 Å². The molecule has 0 amide bonds. The maximum Gasteiger partial charge on any atom is 0.122 e. The van der Waals surface area contributed by atoms with Gasteiger partial charge >= 0.3 is 0 Å². The molecule has 0 spiro atoms. The van der Waals surface area contributed by atoms with Crippen LogP contribution in [0.15, 0.2) is 48.1 Å². The van der Waals surface area contributed by atoms with E-state index in [4.69, 9.17) is 4.74 Å². The highest BCUT2D eigenvalue weighted by Crippen LogP contribution is 2.33. The Bertz CT molecular complexity index is 512. The molecule has 1 aliphatic heterocycles. The predicted octanol–water partition coefficient (Wildman–Crippen LogP) is 4.40. The van der Waals surface area contributed by atoms with Crippen LogP contribution in [0.25, 0.3) is 0 Å². The van der Waals surface area contributed by atoms with Crippen LogP contribution in [-0.4, -0.2) is 6.61 Å². The molecule has 100 valence electrons. The molecule has 3 rings (SSSR count). The molecule has 0 saturated carbocycles. The van der Waals surface area contributed by atoms with Crippen LogP contribution in [0.5, 0.6) is 5.75 Å². The van der Waals surface area contributed by atoms with Crippen LogP contribution in [0.1, 0.15) is 25.8 Å². The molecule has 3 unspecified atom stereocenters. The fraction of sp³-hybridized carbons (Fsp3) is 0.444. The number of rotatable bonds is 1. The van der Waals surface area contributed by atoms with Gasteiger partial charge in [0.05, 0.1) is 6.61 Å². The van der Waals surface area contributed by atoms with E-state index in [1.54, 1.807) is 0 Å². The van der Waals surface area contributed by atoms with Crippen LogP contribution in [0.4, 0.5) is 0 Å². The topological polar surface area (TPSA) is 9.23 Å². The van der Waals surface area contributed by atoms with Crippen molar-refractivity contribution in [2.75, 3.05) is 6.61 Å². The minimum atomic E-state index is 0.517. The summed E-state index contributed by atoms with van der Waals surface area (Å²) in [5.41, 5.74) is 2.81. The zero-order valence-corrected chi connectivity index (χ0v) is 11.8. The highest BCUT2D eigenvalue weighted by Gasteiger charge is 2.23. The standard InChI is InChI=1S/C18H22O/c1-13-7-9-15(10-8-14(13)2)17-11-16-5-3-4-6-18(16)19-12-17/h3-7,9-10,13-14,17H,8,11-12H2,1-2H3. The Labute approximate surface area is 116 Å². The van der Waals surface area contributed by atoms with Crippen molar-refractivity contribution in [3.8, 4) is 5.75 Å². The Morgan fingerprint density at radius 3 is 2.89 bits per heavy atom. The summed E-state index contributed by atoms with van der Waals surface area (Å²) < 4.78 is 5.91. The first-order valence-electron chi connectivity index (χ1n) is 7.33. The van der Waals surface area contributed by atoms with Crippen molar-refractivity contribution >= 4 is 0 Å². The molecule has 1 nitrogen and oxygen atoms in total. The molecule has 2 aliphatic rings. The fourth-order valence-corrected chi connectivity index (χ4v) is 2.90. The van der Waals surface area contributed by atoms with Crippen LogP contribution in [0.2, 0.25) is 0 Å². The highest BCUT2D eigenvalue weighted by atomic mass is 16.5. The van der Waals surface area contributed by atoms with Crippen molar-refractivity contribution < 1.29 is 4.74 Å². The summed E-state index contributed by atoms with van der Waals surface area (Å²) in [5.74, 6) is 3.00. The van der Waals surface area contributed by atoms with E-state index >= 15 is 0 Å². The maximum absolute atomic E-state index is 5.91. The number of hydrogen-bond acceptors (Lipinski definition) is 1. The van der Waals surface area contributed by atoms with Crippen molar-refractivity contribution in [2.24, 2.45) is 17.8 Å². The second-order valence-electron chi connectivity index (χ2n) is 5.96. The van der Waals surface area contributed by atoms with E-state index in [2.05, 4.69) is 50.3 Å². The molecule has 1 aromatic rings. The summed E-state index contributed by atoms with van der Waals surface area (Å²) in [7, 11) is 0. The van der Waals surface area contributed by atoms with Crippen LogP contribution in [0, 0.1) is 17.8 Å². The zero-order chi connectivity index (χ0) is 13.2. The van der Waals surface area contributed by atoms with E-state index in [1.165, 1.54) is 17.6 Å². The summed E-state index contributed by atoms with van der Waals surface area (Å²) in [6, 6.07) is 8.42. The molecule has 0 saturated heterocycles. The van der Waals surface area contributed by atoms with E-state index in [0.717, 1.165) is 24.7 Å². The van der Waals surface area contributed by atoms with E-state index in [9.17, 15) is 0 Å². The van der Waals surface area contributed by atoms with Gasteiger partial charge in [0.15, 0.2) is 0 Å². The first-order chi connectivity index (χ1) is 9.24. The lowest BCUT2D eigenvalue weighted by Gasteiger charge is -2.26. The van der Waals surface area contributed by atoms with Gasteiger partial charge in [-0.2, -0.15) is 0 Å². The Hall–Kier alpha value is -1.50. The second-order valence-corrected chi connectivity index (χ2v) is 5.96. The summed E-state index contributed by atoms with van der Waals surface area (Å²) in [6.07, 6.45) is 9.41. The molecular formula is C18H22O. The van der Waals surface area contributed by atoms with Crippen LogP contribution in [-0.2, 0) is 6.42 Å². The average molecular weight is 254 g/mol. The van der Waals surface area contributed by atoms with Gasteiger partial charge in [-0.15, -0.1) is 0 Å². The molecule has 1 aromatic carbocycles. The van der Waals surface area contributed by atoms with Crippen LogP contribution < -0.4 is 4.74 Å². The maximum atomic E-state index is 5.91. The molecule has 0 radical (unpaired) electrons. The normalized spacial score (nSPS) is 30.0. The molecule has 3 atom stereocenters. The molecule has 19 heavy (non-hydrogen) atoms. The molecule has 0 bridgehead atoms. The average Bonchev–Trinajstić information content (AvgIpc) is 2.61. The van der Waals surface area contributed by atoms with Gasteiger partial charge in [-0.05, 0) is 41.9 Å². The van der Waals surface area contributed by atoms with E-state index < -0.39 is 0 Å². The Morgan fingerprint density at radius 2 is 2.00 bits per heavy atom. The lowest BCUT2D eigenvalue weighted by molar-refractivity contribution is 0.245. The van der Waals surface area contributed by atoms with Gasteiger partial charge < -0.3 is 4.74 Å². The fourth-order valence-electron chi connectivity index (χ4n) is 2.90. The minimum absolute atomic E-state index is 0.517.